The molecule has 5 rings (SSSR count). The first kappa shape index (κ1) is 15.6. The van der Waals surface area contributed by atoms with E-state index in [4.69, 9.17) is 0 Å². The third-order valence-electron chi connectivity index (χ3n) is 6.67. The van der Waals surface area contributed by atoms with Crippen LogP contribution in [0.4, 0.5) is 0 Å². The molecule has 1 aromatic carbocycles. The van der Waals surface area contributed by atoms with Gasteiger partial charge in [-0.3, -0.25) is 0 Å². The first-order valence-electron chi connectivity index (χ1n) is 8.95. The molecule has 1 aromatic rings. The predicted octanol–water partition coefficient (Wildman–Crippen LogP) is 3.88. The minimum atomic E-state index is -3.42. The fourth-order valence-corrected chi connectivity index (χ4v) is 7.20. The lowest BCUT2D eigenvalue weighted by Crippen LogP contribution is -2.55. The van der Waals surface area contributed by atoms with Crippen LogP contribution in [0.15, 0.2) is 29.2 Å². The predicted molar refractivity (Wildman–Crippen MR) is 91.6 cm³/mol. The number of rotatable bonds is 4. The highest BCUT2D eigenvalue weighted by Crippen LogP contribution is 2.61. The van der Waals surface area contributed by atoms with Crippen LogP contribution in [0.1, 0.15) is 51.0 Å². The first-order chi connectivity index (χ1) is 10.9. The van der Waals surface area contributed by atoms with Crippen LogP contribution < -0.4 is 4.72 Å². The van der Waals surface area contributed by atoms with E-state index in [1.807, 2.05) is 19.1 Å². The van der Waals surface area contributed by atoms with Crippen molar-refractivity contribution in [3.8, 4) is 0 Å². The molecular weight excluding hydrogens is 306 g/mol. The van der Waals surface area contributed by atoms with Crippen LogP contribution in [0, 0.1) is 30.1 Å². The monoisotopic (exact) mass is 333 g/mol. The van der Waals surface area contributed by atoms with Gasteiger partial charge in [-0.05, 0) is 87.7 Å². The minimum Gasteiger partial charge on any atom is -0.208 e. The lowest BCUT2D eigenvalue weighted by atomic mass is 9.48. The Bertz CT molecular complexity index is 657. The van der Waals surface area contributed by atoms with E-state index in [0.717, 1.165) is 23.3 Å². The maximum atomic E-state index is 12.7. The van der Waals surface area contributed by atoms with Gasteiger partial charge >= 0.3 is 0 Å². The smallest absolute Gasteiger partial charge is 0.208 e. The summed E-state index contributed by atoms with van der Waals surface area (Å²) in [6, 6.07) is 7.18. The maximum Gasteiger partial charge on any atom is 0.240 e. The van der Waals surface area contributed by atoms with E-state index in [-0.39, 0.29) is 11.5 Å². The Morgan fingerprint density at radius 1 is 1.00 bits per heavy atom. The molecule has 126 valence electrons. The van der Waals surface area contributed by atoms with E-state index in [1.54, 1.807) is 12.1 Å². The van der Waals surface area contributed by atoms with Gasteiger partial charge in [0.2, 0.25) is 10.0 Å². The second-order valence-corrected chi connectivity index (χ2v) is 10.1. The summed E-state index contributed by atoms with van der Waals surface area (Å²) < 4.78 is 28.5. The Hall–Kier alpha value is -0.870. The number of hydrogen-bond donors (Lipinski definition) is 1. The van der Waals surface area contributed by atoms with Crippen LogP contribution in [0.25, 0.3) is 0 Å². The second kappa shape index (κ2) is 5.32. The number of hydrogen-bond acceptors (Lipinski definition) is 2. The summed E-state index contributed by atoms with van der Waals surface area (Å²) in [6.07, 6.45) is 7.81. The van der Waals surface area contributed by atoms with Gasteiger partial charge in [0.1, 0.15) is 0 Å². The molecule has 4 aliphatic rings. The van der Waals surface area contributed by atoms with Gasteiger partial charge in [0, 0.05) is 6.04 Å². The molecule has 4 saturated carbocycles. The second-order valence-electron chi connectivity index (χ2n) is 8.44. The topological polar surface area (TPSA) is 46.2 Å². The molecule has 23 heavy (non-hydrogen) atoms. The lowest BCUT2D eigenvalue weighted by molar-refractivity contribution is -0.0666. The normalized spacial score (nSPS) is 37.0. The average Bonchev–Trinajstić information content (AvgIpc) is 2.45. The van der Waals surface area contributed by atoms with Crippen molar-refractivity contribution in [1.29, 1.82) is 0 Å². The molecule has 3 nitrogen and oxygen atoms in total. The van der Waals surface area contributed by atoms with Gasteiger partial charge in [0.15, 0.2) is 0 Å². The van der Waals surface area contributed by atoms with Gasteiger partial charge in [-0.25, -0.2) is 13.1 Å². The van der Waals surface area contributed by atoms with Crippen molar-refractivity contribution in [1.82, 2.24) is 4.72 Å². The van der Waals surface area contributed by atoms with Gasteiger partial charge in [0.25, 0.3) is 0 Å². The summed E-state index contributed by atoms with van der Waals surface area (Å²) in [7, 11) is -3.42. The quantitative estimate of drug-likeness (QED) is 0.909. The molecule has 0 spiro atoms. The standard InChI is InChI=1S/C19H27NO2S/c1-13-3-5-18(6-4-13)23(21,22)20-14(2)19-10-15-7-16(11-19)9-17(8-15)12-19/h3-6,14-17,20H,7-12H2,1-2H3/t14-,15?,16?,17?,19?/m1/s1. The van der Waals surface area contributed by atoms with Crippen LogP contribution in [0.5, 0.6) is 0 Å². The molecule has 4 heteroatoms. The molecular formula is C19H27NO2S. The Morgan fingerprint density at radius 2 is 1.48 bits per heavy atom. The van der Waals surface area contributed by atoms with Crippen LogP contribution in [-0.2, 0) is 10.0 Å². The van der Waals surface area contributed by atoms with E-state index < -0.39 is 10.0 Å². The van der Waals surface area contributed by atoms with Gasteiger partial charge in [0.05, 0.1) is 4.90 Å². The molecule has 4 bridgehead atoms. The third kappa shape index (κ3) is 2.74. The lowest BCUT2D eigenvalue weighted by Gasteiger charge is -2.59. The Balaban J connectivity index is 1.55. The van der Waals surface area contributed by atoms with Gasteiger partial charge in [-0.1, -0.05) is 17.7 Å². The fourth-order valence-electron chi connectivity index (χ4n) is 5.85. The minimum absolute atomic E-state index is 0.0298. The fraction of sp³-hybridized carbons (Fsp3) is 0.684. The number of sulfonamides is 1. The van der Waals surface area contributed by atoms with Crippen molar-refractivity contribution in [2.45, 2.75) is 63.3 Å². The summed E-state index contributed by atoms with van der Waals surface area (Å²) in [6.45, 7) is 4.07. The van der Waals surface area contributed by atoms with Crippen molar-refractivity contribution >= 4 is 10.0 Å². The van der Waals surface area contributed by atoms with Crippen molar-refractivity contribution < 1.29 is 8.42 Å². The zero-order valence-corrected chi connectivity index (χ0v) is 14.9. The van der Waals surface area contributed by atoms with Gasteiger partial charge in [-0.2, -0.15) is 0 Å². The molecule has 0 aromatic heterocycles. The number of benzene rings is 1. The summed E-state index contributed by atoms with van der Waals surface area (Å²) in [5.74, 6) is 2.52. The molecule has 0 aliphatic heterocycles. The van der Waals surface area contributed by atoms with Crippen molar-refractivity contribution in [2.24, 2.45) is 23.2 Å². The third-order valence-corrected chi connectivity index (χ3v) is 8.22. The van der Waals surface area contributed by atoms with E-state index in [9.17, 15) is 8.42 Å². The van der Waals surface area contributed by atoms with E-state index in [2.05, 4.69) is 11.6 Å². The van der Waals surface area contributed by atoms with Gasteiger partial charge in [-0.15, -0.1) is 0 Å². The molecule has 4 aliphatic carbocycles. The molecule has 0 radical (unpaired) electrons. The van der Waals surface area contributed by atoms with Crippen molar-refractivity contribution in [3.63, 3.8) is 0 Å². The summed E-state index contributed by atoms with van der Waals surface area (Å²) >= 11 is 0. The zero-order chi connectivity index (χ0) is 16.2. The van der Waals surface area contributed by atoms with Crippen molar-refractivity contribution in [3.05, 3.63) is 29.8 Å². The molecule has 0 saturated heterocycles. The van der Waals surface area contributed by atoms with Gasteiger partial charge < -0.3 is 0 Å². The molecule has 0 amide bonds. The highest BCUT2D eigenvalue weighted by Gasteiger charge is 2.53. The Morgan fingerprint density at radius 3 is 1.96 bits per heavy atom. The van der Waals surface area contributed by atoms with Crippen molar-refractivity contribution in [2.75, 3.05) is 0 Å². The number of aryl methyl sites for hydroxylation is 1. The van der Waals surface area contributed by atoms with Crippen LogP contribution >= 0.6 is 0 Å². The summed E-state index contributed by atoms with van der Waals surface area (Å²) in [5, 5.41) is 0. The van der Waals surface area contributed by atoms with E-state index in [0.29, 0.717) is 4.90 Å². The first-order valence-corrected chi connectivity index (χ1v) is 10.4. The maximum absolute atomic E-state index is 12.7. The average molecular weight is 333 g/mol. The molecule has 1 N–H and O–H groups in total. The van der Waals surface area contributed by atoms with Crippen LogP contribution in [0.2, 0.25) is 0 Å². The highest BCUT2D eigenvalue weighted by atomic mass is 32.2. The number of nitrogens with one attached hydrogen (secondary N) is 1. The zero-order valence-electron chi connectivity index (χ0n) is 14.1. The summed E-state index contributed by atoms with van der Waals surface area (Å²) in [4.78, 5) is 0.389. The SMILES string of the molecule is Cc1ccc(S(=O)(=O)N[C@H](C)C23CC4CC(CC(C4)C2)C3)cc1. The van der Waals surface area contributed by atoms with E-state index >= 15 is 0 Å². The van der Waals surface area contributed by atoms with Crippen LogP contribution in [-0.4, -0.2) is 14.5 Å². The largest absolute Gasteiger partial charge is 0.240 e. The van der Waals surface area contributed by atoms with Crippen LogP contribution in [0.3, 0.4) is 0 Å². The summed E-state index contributed by atoms with van der Waals surface area (Å²) in [5.41, 5.74) is 1.28. The Kier molecular flexibility index (Phi) is 3.62. The molecule has 0 heterocycles. The highest BCUT2D eigenvalue weighted by molar-refractivity contribution is 7.89. The van der Waals surface area contributed by atoms with E-state index in [1.165, 1.54) is 38.5 Å². The molecule has 4 fully saturated rings. The Labute approximate surface area is 139 Å². The molecule has 0 unspecified atom stereocenters. The molecule has 1 atom stereocenters.